The monoisotopic (exact) mass is 200 g/mol. The molecule has 0 aliphatic heterocycles. The molecule has 0 heterocycles. The van der Waals surface area contributed by atoms with Gasteiger partial charge in [0.25, 0.3) is 9.05 Å². The summed E-state index contributed by atoms with van der Waals surface area (Å²) in [5, 5.41) is 0. The smallest absolute Gasteiger partial charge is 0.207 e. The van der Waals surface area contributed by atoms with Crippen LogP contribution in [0, 0.1) is 0 Å². The van der Waals surface area contributed by atoms with Crippen molar-refractivity contribution in [2.24, 2.45) is 0 Å². The van der Waals surface area contributed by atoms with Gasteiger partial charge in [-0.2, -0.15) is 0 Å². The first-order valence-corrected chi connectivity index (χ1v) is 5.58. The number of rotatable bonds is 2. The first-order valence-electron chi connectivity index (χ1n) is 3.27. The zero-order chi connectivity index (χ0) is 9.19. The molecule has 1 rings (SSSR count). The fourth-order valence-electron chi connectivity index (χ4n) is 0.788. The Morgan fingerprint density at radius 2 is 1.75 bits per heavy atom. The second kappa shape index (κ2) is 3.50. The van der Waals surface area contributed by atoms with Crippen LogP contribution in [0.2, 0.25) is 0 Å². The molecule has 0 aliphatic rings. The highest BCUT2D eigenvalue weighted by atomic mass is 35.7. The molecule has 62 valence electrons. The van der Waals surface area contributed by atoms with Gasteiger partial charge in [0.15, 0.2) is 0 Å². The minimum absolute atomic E-state index is 0.0985. The summed E-state index contributed by atoms with van der Waals surface area (Å²) in [5.41, 5.74) is 0.874. The lowest BCUT2D eigenvalue weighted by atomic mass is 9.97. The van der Waals surface area contributed by atoms with Crippen molar-refractivity contribution >= 4 is 27.6 Å². The van der Waals surface area contributed by atoms with Gasteiger partial charge in [0.1, 0.15) is 0 Å². The van der Waals surface area contributed by atoms with Crippen molar-refractivity contribution in [1.29, 1.82) is 0 Å². The van der Waals surface area contributed by atoms with Crippen molar-refractivity contribution in [3.63, 3.8) is 0 Å². The predicted octanol–water partition coefficient (Wildman–Crippen LogP) is 1.28. The van der Waals surface area contributed by atoms with Gasteiger partial charge in [-0.25, -0.2) is 8.42 Å². The highest BCUT2D eigenvalue weighted by molar-refractivity contribution is 8.13. The van der Waals surface area contributed by atoms with Gasteiger partial charge in [-0.3, -0.25) is 0 Å². The van der Waals surface area contributed by atoms with Crippen molar-refractivity contribution in [3.05, 3.63) is 29.8 Å². The maximum atomic E-state index is 10.8. The second-order valence-electron chi connectivity index (χ2n) is 2.29. The van der Waals surface area contributed by atoms with Crippen LogP contribution in [0.15, 0.2) is 29.2 Å². The molecule has 0 aliphatic carbocycles. The lowest BCUT2D eigenvalue weighted by Gasteiger charge is -1.97. The molecule has 0 amide bonds. The molecule has 2 nitrogen and oxygen atoms in total. The summed E-state index contributed by atoms with van der Waals surface area (Å²) in [6.45, 7) is 0. The second-order valence-corrected chi connectivity index (χ2v) is 4.85. The summed E-state index contributed by atoms with van der Waals surface area (Å²) in [6, 6.07) is 6.14. The van der Waals surface area contributed by atoms with E-state index in [1.807, 2.05) is 0 Å². The Kier molecular flexibility index (Phi) is 2.80. The first-order chi connectivity index (χ1) is 5.54. The molecule has 12 heavy (non-hydrogen) atoms. The van der Waals surface area contributed by atoms with E-state index in [4.69, 9.17) is 18.5 Å². The summed E-state index contributed by atoms with van der Waals surface area (Å²) in [5.74, 6) is 0. The zero-order valence-electron chi connectivity index (χ0n) is 6.20. The number of hydrogen-bond donors (Lipinski definition) is 0. The third kappa shape index (κ3) is 2.25. The average Bonchev–Trinajstić information content (AvgIpc) is 2.03. The van der Waals surface area contributed by atoms with Crippen LogP contribution in [-0.4, -0.2) is 16.3 Å². The molecular formula is C7H6BClO2S. The minimum atomic E-state index is -3.60. The van der Waals surface area contributed by atoms with Crippen LogP contribution < -0.4 is 0 Å². The Morgan fingerprint density at radius 3 is 2.08 bits per heavy atom. The Balaban J connectivity index is 3.09. The standard InChI is InChI=1S/C7H6BClO2S/c8-5-6-1-3-7(4-2-6)12(9,10)11/h1-4H,5H2. The predicted molar refractivity (Wildman–Crippen MR) is 48.9 cm³/mol. The van der Waals surface area contributed by atoms with Crippen molar-refractivity contribution in [2.45, 2.75) is 11.2 Å². The topological polar surface area (TPSA) is 34.1 Å². The molecule has 0 spiro atoms. The molecular weight excluding hydrogens is 194 g/mol. The summed E-state index contributed by atoms with van der Waals surface area (Å²) in [4.78, 5) is 0.0985. The third-order valence-corrected chi connectivity index (χ3v) is 2.81. The third-order valence-electron chi connectivity index (χ3n) is 1.44. The molecule has 0 atom stereocenters. The fourth-order valence-corrected chi connectivity index (χ4v) is 1.56. The average molecular weight is 200 g/mol. The van der Waals surface area contributed by atoms with E-state index in [0.29, 0.717) is 6.32 Å². The van der Waals surface area contributed by atoms with Crippen molar-refractivity contribution < 1.29 is 8.42 Å². The fraction of sp³-hybridized carbons (Fsp3) is 0.143. The van der Waals surface area contributed by atoms with E-state index in [1.54, 1.807) is 12.1 Å². The van der Waals surface area contributed by atoms with Gasteiger partial charge in [-0.1, -0.05) is 24.0 Å². The summed E-state index contributed by atoms with van der Waals surface area (Å²) in [7, 11) is 6.83. The minimum Gasteiger partial charge on any atom is -0.207 e. The quantitative estimate of drug-likeness (QED) is 0.532. The summed E-state index contributed by atoms with van der Waals surface area (Å²) >= 11 is 0. The van der Waals surface area contributed by atoms with Gasteiger partial charge >= 0.3 is 0 Å². The van der Waals surface area contributed by atoms with Crippen LogP contribution >= 0.6 is 10.7 Å². The largest absolute Gasteiger partial charge is 0.261 e. The van der Waals surface area contributed by atoms with E-state index >= 15 is 0 Å². The lowest BCUT2D eigenvalue weighted by molar-refractivity contribution is 0.609. The molecule has 0 bridgehead atoms. The van der Waals surface area contributed by atoms with E-state index in [9.17, 15) is 8.42 Å². The molecule has 5 heteroatoms. The maximum absolute atomic E-state index is 10.8. The lowest BCUT2D eigenvalue weighted by Crippen LogP contribution is -1.91. The van der Waals surface area contributed by atoms with Gasteiger partial charge in [0.2, 0.25) is 0 Å². The number of hydrogen-bond acceptors (Lipinski definition) is 2. The Bertz CT molecular complexity index is 357. The van der Waals surface area contributed by atoms with Crippen molar-refractivity contribution in [3.8, 4) is 0 Å². The van der Waals surface area contributed by atoms with Gasteiger partial charge in [0, 0.05) is 10.7 Å². The SMILES string of the molecule is [B]Cc1ccc(S(=O)(=O)Cl)cc1. The molecule has 1 aromatic carbocycles. The normalized spacial score (nSPS) is 11.4. The van der Waals surface area contributed by atoms with Gasteiger partial charge in [0.05, 0.1) is 12.7 Å². The number of halogens is 1. The molecule has 0 saturated carbocycles. The van der Waals surface area contributed by atoms with Crippen LogP contribution in [0.4, 0.5) is 0 Å². The maximum Gasteiger partial charge on any atom is 0.261 e. The highest BCUT2D eigenvalue weighted by Gasteiger charge is 2.07. The van der Waals surface area contributed by atoms with Crippen LogP contribution in [0.1, 0.15) is 5.56 Å². The molecule has 0 unspecified atom stereocenters. The van der Waals surface area contributed by atoms with Crippen LogP contribution in [-0.2, 0) is 15.4 Å². The van der Waals surface area contributed by atoms with E-state index in [0.717, 1.165) is 5.56 Å². The highest BCUT2D eigenvalue weighted by Crippen LogP contribution is 2.14. The van der Waals surface area contributed by atoms with Crippen LogP contribution in [0.25, 0.3) is 0 Å². The zero-order valence-corrected chi connectivity index (χ0v) is 7.77. The summed E-state index contributed by atoms with van der Waals surface area (Å²) < 4.78 is 21.5. The van der Waals surface area contributed by atoms with Crippen molar-refractivity contribution in [1.82, 2.24) is 0 Å². The molecule has 0 fully saturated rings. The van der Waals surface area contributed by atoms with E-state index in [2.05, 4.69) is 0 Å². The van der Waals surface area contributed by atoms with E-state index in [1.165, 1.54) is 12.1 Å². The Morgan fingerprint density at radius 1 is 1.25 bits per heavy atom. The summed E-state index contributed by atoms with van der Waals surface area (Å²) in [6.07, 6.45) is 0.391. The van der Waals surface area contributed by atoms with Gasteiger partial charge < -0.3 is 0 Å². The molecule has 0 saturated heterocycles. The Labute approximate surface area is 77.4 Å². The molecule has 1 aromatic rings. The Hall–Kier alpha value is -0.475. The van der Waals surface area contributed by atoms with Crippen LogP contribution in [0.3, 0.4) is 0 Å². The van der Waals surface area contributed by atoms with E-state index in [-0.39, 0.29) is 4.90 Å². The van der Waals surface area contributed by atoms with Gasteiger partial charge in [-0.05, 0) is 12.1 Å². The number of benzene rings is 1. The van der Waals surface area contributed by atoms with Gasteiger partial charge in [-0.15, -0.1) is 0 Å². The van der Waals surface area contributed by atoms with Crippen molar-refractivity contribution in [2.75, 3.05) is 0 Å². The van der Waals surface area contributed by atoms with E-state index < -0.39 is 9.05 Å². The molecule has 2 radical (unpaired) electrons. The molecule has 0 aromatic heterocycles. The first kappa shape index (κ1) is 9.61. The molecule has 0 N–H and O–H groups in total. The van der Waals surface area contributed by atoms with Crippen LogP contribution in [0.5, 0.6) is 0 Å².